The molecule has 0 aromatic heterocycles. The summed E-state index contributed by atoms with van der Waals surface area (Å²) in [5.74, 6) is -1.67. The summed E-state index contributed by atoms with van der Waals surface area (Å²) in [6, 6.07) is 5.87. The maximum atomic E-state index is 12.2. The molecule has 0 saturated carbocycles. The van der Waals surface area contributed by atoms with Gasteiger partial charge < -0.3 is 14.0 Å². The molecule has 7 nitrogen and oxygen atoms in total. The van der Waals surface area contributed by atoms with Crippen LogP contribution < -0.4 is 4.74 Å². The van der Waals surface area contributed by atoms with Crippen LogP contribution in [0, 0.1) is 17.6 Å². The molecule has 0 radical (unpaired) electrons. The Morgan fingerprint density at radius 3 is 2.13 bits per heavy atom. The normalized spacial score (nSPS) is 11.5. The molecule has 0 aliphatic heterocycles. The number of hydrogen-bond acceptors (Lipinski definition) is 7. The Balaban J connectivity index is 2.15. The molecule has 2 aromatic carbocycles. The molecule has 0 N–H and O–H groups in total. The summed E-state index contributed by atoms with van der Waals surface area (Å²) in [5.41, 5.74) is 0.869. The molecule has 2 rings (SSSR count). The summed E-state index contributed by atoms with van der Waals surface area (Å²) in [5, 5.41) is 0. The minimum absolute atomic E-state index is 0.102. The van der Waals surface area contributed by atoms with Gasteiger partial charge in [0.05, 0.1) is 10.5 Å². The summed E-state index contributed by atoms with van der Waals surface area (Å²) < 4.78 is 47.6. The predicted molar refractivity (Wildman–Crippen MR) is 134 cm³/mol. The van der Waals surface area contributed by atoms with Crippen LogP contribution in [0.1, 0.15) is 41.3 Å². The Hall–Kier alpha value is -0.520. The molecule has 30 heavy (non-hydrogen) atoms. The van der Waals surface area contributed by atoms with E-state index < -0.39 is 28.7 Å². The number of carbonyl (C=O) groups is 2. The van der Waals surface area contributed by atoms with Gasteiger partial charge in [-0.1, -0.05) is 13.8 Å². The van der Waals surface area contributed by atoms with E-state index in [0.717, 1.165) is 10.7 Å². The van der Waals surface area contributed by atoms with Crippen LogP contribution in [0.25, 0.3) is 0 Å². The van der Waals surface area contributed by atoms with Crippen LogP contribution in [-0.4, -0.2) is 31.5 Å². The van der Waals surface area contributed by atoms with E-state index in [9.17, 15) is 22.6 Å². The molecule has 0 bridgehead atoms. The molecule has 0 amide bonds. The third-order valence-electron chi connectivity index (χ3n) is 3.96. The van der Waals surface area contributed by atoms with Gasteiger partial charge in [0.25, 0.3) is 0 Å². The van der Waals surface area contributed by atoms with E-state index in [0.29, 0.717) is 11.1 Å². The van der Waals surface area contributed by atoms with Gasteiger partial charge in [-0.05, 0) is 116 Å². The minimum atomic E-state index is -4.67. The molecule has 0 spiro atoms. The first-order chi connectivity index (χ1) is 13.8. The molecule has 11 heteroatoms. The average Bonchev–Trinajstić information content (AvgIpc) is 2.64. The highest BCUT2D eigenvalue weighted by molar-refractivity contribution is 14.1. The standard InChI is InChI=1S/C19H17I3O7S/c1-9(2)12-7-15(10(3)4-16(12)30(25,26)27)29-17(23)8-28-19(24)11-5-13(20)18(22)14(21)6-11/h4-7,9H,8H2,1-3H3,(H,25,26,27)/p-1. The second-order valence-corrected chi connectivity index (χ2v) is 11.3. The molecule has 0 atom stereocenters. The van der Waals surface area contributed by atoms with Crippen molar-refractivity contribution in [3.8, 4) is 5.75 Å². The summed E-state index contributed by atoms with van der Waals surface area (Å²) in [4.78, 5) is 24.1. The summed E-state index contributed by atoms with van der Waals surface area (Å²) >= 11 is 6.39. The zero-order valence-electron chi connectivity index (χ0n) is 16.0. The van der Waals surface area contributed by atoms with E-state index in [2.05, 4.69) is 67.8 Å². The lowest BCUT2D eigenvalue weighted by atomic mass is 10.0. The molecular formula is C19H16I3O7S-. The number of halogens is 3. The Bertz CT molecular complexity index is 1090. The number of hydrogen-bond donors (Lipinski definition) is 0. The molecule has 2 aromatic rings. The highest BCUT2D eigenvalue weighted by Crippen LogP contribution is 2.31. The fraction of sp³-hybridized carbons (Fsp3) is 0.263. The van der Waals surface area contributed by atoms with Gasteiger partial charge in [0.2, 0.25) is 0 Å². The molecule has 162 valence electrons. The average molecular weight is 769 g/mol. The zero-order chi connectivity index (χ0) is 22.8. The van der Waals surface area contributed by atoms with Crippen molar-refractivity contribution in [2.45, 2.75) is 31.6 Å². The highest BCUT2D eigenvalue weighted by Gasteiger charge is 2.19. The number of benzene rings is 2. The fourth-order valence-electron chi connectivity index (χ4n) is 2.49. The number of ether oxygens (including phenoxy) is 2. The molecular weight excluding hydrogens is 753 g/mol. The number of rotatable bonds is 6. The lowest BCUT2D eigenvalue weighted by molar-refractivity contribution is -0.137. The van der Waals surface area contributed by atoms with Crippen molar-refractivity contribution in [3.63, 3.8) is 0 Å². The summed E-state index contributed by atoms with van der Waals surface area (Å²) in [6.45, 7) is 4.34. The van der Waals surface area contributed by atoms with Crippen LogP contribution in [0.15, 0.2) is 29.2 Å². The van der Waals surface area contributed by atoms with Crippen molar-refractivity contribution >= 4 is 89.8 Å². The second-order valence-electron chi connectivity index (χ2n) is 6.57. The van der Waals surface area contributed by atoms with Gasteiger partial charge in [0.15, 0.2) is 6.61 Å². The van der Waals surface area contributed by atoms with E-state index in [1.54, 1.807) is 26.0 Å². The topological polar surface area (TPSA) is 110 Å². The van der Waals surface area contributed by atoms with Crippen molar-refractivity contribution in [1.29, 1.82) is 0 Å². The SMILES string of the molecule is Cc1cc(S(=O)(=O)[O-])c(C(C)C)cc1OC(=O)COC(=O)c1cc(I)c(I)c(I)c1. The summed E-state index contributed by atoms with van der Waals surface area (Å²) in [7, 11) is -4.67. The fourth-order valence-corrected chi connectivity index (χ4v) is 5.47. The number of esters is 2. The smallest absolute Gasteiger partial charge is 0.349 e. The maximum absolute atomic E-state index is 12.2. The van der Waals surface area contributed by atoms with E-state index in [4.69, 9.17) is 9.47 Å². The second kappa shape index (κ2) is 10.4. The number of aryl methyl sites for hydroxylation is 1. The quantitative estimate of drug-likeness (QED) is 0.139. The van der Waals surface area contributed by atoms with Gasteiger partial charge in [-0.15, -0.1) is 0 Å². The monoisotopic (exact) mass is 769 g/mol. The van der Waals surface area contributed by atoms with Gasteiger partial charge >= 0.3 is 11.9 Å². The molecule has 0 unspecified atom stereocenters. The number of carbonyl (C=O) groups excluding carboxylic acids is 2. The van der Waals surface area contributed by atoms with Crippen LogP contribution in [0.5, 0.6) is 5.75 Å². The Morgan fingerprint density at radius 2 is 1.63 bits per heavy atom. The third kappa shape index (κ3) is 6.49. The van der Waals surface area contributed by atoms with Gasteiger partial charge in [-0.3, -0.25) is 0 Å². The highest BCUT2D eigenvalue weighted by atomic mass is 127. The lowest BCUT2D eigenvalue weighted by Crippen LogP contribution is -2.20. The van der Waals surface area contributed by atoms with Gasteiger partial charge in [-0.25, -0.2) is 18.0 Å². The zero-order valence-corrected chi connectivity index (χ0v) is 23.3. The first kappa shape index (κ1) is 25.7. The minimum Gasteiger partial charge on any atom is -0.744 e. The molecule has 0 aliphatic carbocycles. The van der Waals surface area contributed by atoms with E-state index in [1.807, 2.05) is 0 Å². The Labute approximate surface area is 215 Å². The van der Waals surface area contributed by atoms with Crippen LogP contribution in [0.2, 0.25) is 0 Å². The van der Waals surface area contributed by atoms with Crippen LogP contribution >= 0.6 is 67.8 Å². The Morgan fingerprint density at radius 1 is 1.07 bits per heavy atom. The van der Waals surface area contributed by atoms with E-state index >= 15 is 0 Å². The van der Waals surface area contributed by atoms with Crippen molar-refractivity contribution in [2.75, 3.05) is 6.61 Å². The largest absolute Gasteiger partial charge is 0.744 e. The van der Waals surface area contributed by atoms with Crippen LogP contribution in [0.4, 0.5) is 0 Å². The Kier molecular flexibility index (Phi) is 8.92. The van der Waals surface area contributed by atoms with Crippen LogP contribution in [-0.2, 0) is 19.6 Å². The van der Waals surface area contributed by atoms with Crippen molar-refractivity contribution in [2.24, 2.45) is 0 Å². The van der Waals surface area contributed by atoms with Crippen LogP contribution in [0.3, 0.4) is 0 Å². The lowest BCUT2D eigenvalue weighted by Gasteiger charge is -2.18. The van der Waals surface area contributed by atoms with E-state index in [-0.39, 0.29) is 22.1 Å². The summed E-state index contributed by atoms with van der Waals surface area (Å²) in [6.07, 6.45) is 0. The van der Waals surface area contributed by atoms with E-state index in [1.165, 1.54) is 19.1 Å². The third-order valence-corrected chi connectivity index (χ3v) is 9.78. The van der Waals surface area contributed by atoms with Gasteiger partial charge in [0.1, 0.15) is 15.9 Å². The first-order valence-corrected chi connectivity index (χ1v) is 13.1. The predicted octanol–water partition coefficient (Wildman–Crippen LogP) is 4.60. The van der Waals surface area contributed by atoms with Crippen molar-refractivity contribution < 1.29 is 32.0 Å². The molecule has 0 heterocycles. The van der Waals surface area contributed by atoms with Gasteiger partial charge in [0, 0.05) is 10.7 Å². The van der Waals surface area contributed by atoms with Crippen molar-refractivity contribution in [1.82, 2.24) is 0 Å². The first-order valence-electron chi connectivity index (χ1n) is 8.44. The molecule has 0 aliphatic rings. The van der Waals surface area contributed by atoms with Gasteiger partial charge in [-0.2, -0.15) is 0 Å². The molecule has 0 fully saturated rings. The molecule has 0 saturated heterocycles. The maximum Gasteiger partial charge on any atom is 0.349 e. The van der Waals surface area contributed by atoms with Crippen molar-refractivity contribution in [3.05, 3.63) is 51.7 Å².